The zero-order valence-corrected chi connectivity index (χ0v) is 13.0. The molecular weight excluding hydrogens is 182 g/mol. The lowest BCUT2D eigenvalue weighted by molar-refractivity contribution is 0.353. The Hall–Kier alpha value is -0.0400. The van der Waals surface area contributed by atoms with Crippen molar-refractivity contribution in [3.8, 4) is 0 Å². The molecule has 0 saturated carbocycles. The molecule has 0 atom stereocenters. The van der Waals surface area contributed by atoms with Crippen LogP contribution in [0.3, 0.4) is 0 Å². The van der Waals surface area contributed by atoms with Gasteiger partial charge in [-0.3, -0.25) is 0 Å². The van der Waals surface area contributed by atoms with Gasteiger partial charge < -0.3 is 4.90 Å². The molecule has 0 aromatic heterocycles. The van der Waals surface area contributed by atoms with Crippen LogP contribution in [0.1, 0.15) is 74.7 Å². The lowest BCUT2D eigenvalue weighted by Gasteiger charge is -2.10. The van der Waals surface area contributed by atoms with E-state index in [9.17, 15) is 0 Å². The van der Waals surface area contributed by atoms with Crippen molar-refractivity contribution < 1.29 is 0 Å². The van der Waals surface area contributed by atoms with E-state index in [1.807, 2.05) is 27.7 Å². The predicted octanol–water partition coefficient (Wildman–Crippen LogP) is 5.21. The van der Waals surface area contributed by atoms with Crippen LogP contribution in [0.5, 0.6) is 0 Å². The molecule has 1 heteroatoms. The van der Waals surface area contributed by atoms with Crippen LogP contribution < -0.4 is 0 Å². The second-order valence-electron chi connectivity index (χ2n) is 2.90. The van der Waals surface area contributed by atoms with Gasteiger partial charge in [0, 0.05) is 0 Å². The van der Waals surface area contributed by atoms with Crippen molar-refractivity contribution >= 4 is 0 Å². The summed E-state index contributed by atoms with van der Waals surface area (Å²) in [6.07, 6.45) is 3.91. The monoisotopic (exact) mass is 219 g/mol. The third kappa shape index (κ3) is 56.2. The number of rotatable bonds is 4. The van der Waals surface area contributed by atoms with Crippen LogP contribution >= 0.6 is 0 Å². The zero-order chi connectivity index (χ0) is 13.1. The average Bonchev–Trinajstić information content (AvgIpc) is 2.34. The molecule has 0 aromatic carbocycles. The fourth-order valence-corrected chi connectivity index (χ4v) is 0.540. The molecule has 0 unspecified atom stereocenters. The first kappa shape index (κ1) is 24.3. The van der Waals surface area contributed by atoms with E-state index in [-0.39, 0.29) is 0 Å². The van der Waals surface area contributed by atoms with Crippen molar-refractivity contribution in [3.63, 3.8) is 0 Å². The molecule has 0 fully saturated rings. The second-order valence-corrected chi connectivity index (χ2v) is 2.90. The summed E-state index contributed by atoms with van der Waals surface area (Å²) in [5.74, 6) is 0. The van der Waals surface area contributed by atoms with Crippen molar-refractivity contribution in [2.75, 3.05) is 20.1 Å². The summed E-state index contributed by atoms with van der Waals surface area (Å²) in [6.45, 7) is 19.1. The molecule has 0 radical (unpaired) electrons. The average molecular weight is 219 g/mol. The van der Waals surface area contributed by atoms with Crippen molar-refractivity contribution in [1.29, 1.82) is 0 Å². The van der Waals surface area contributed by atoms with Crippen molar-refractivity contribution in [1.82, 2.24) is 4.90 Å². The number of unbranched alkanes of at least 4 members (excludes halogenated alkanes) is 1. The van der Waals surface area contributed by atoms with Crippen LogP contribution in [0.15, 0.2) is 0 Å². The molecule has 0 aliphatic rings. The van der Waals surface area contributed by atoms with E-state index in [1.165, 1.54) is 32.4 Å². The van der Waals surface area contributed by atoms with Gasteiger partial charge in [0.1, 0.15) is 0 Å². The van der Waals surface area contributed by atoms with E-state index < -0.39 is 0 Å². The van der Waals surface area contributed by atoms with Gasteiger partial charge in [-0.1, -0.05) is 68.2 Å². The maximum Gasteiger partial charge on any atom is -0.00245 e. The first-order chi connectivity index (χ1) is 7.22. The highest BCUT2D eigenvalue weighted by atomic mass is 15.1. The predicted molar refractivity (Wildman–Crippen MR) is 76.7 cm³/mol. The normalized spacial score (nSPS) is 7.60. The fraction of sp³-hybridized carbons (Fsp3) is 1.00. The van der Waals surface area contributed by atoms with Gasteiger partial charge in [-0.05, 0) is 26.6 Å². The van der Waals surface area contributed by atoms with Crippen LogP contribution in [0.2, 0.25) is 0 Å². The number of hydrogen-bond donors (Lipinski definition) is 0. The van der Waals surface area contributed by atoms with Crippen LogP contribution in [0, 0.1) is 0 Å². The van der Waals surface area contributed by atoms with E-state index in [0.717, 1.165) is 0 Å². The molecule has 1 nitrogen and oxygen atoms in total. The van der Waals surface area contributed by atoms with E-state index in [1.54, 1.807) is 0 Å². The zero-order valence-electron chi connectivity index (χ0n) is 13.0. The Morgan fingerprint density at radius 3 is 1.07 bits per heavy atom. The van der Waals surface area contributed by atoms with Gasteiger partial charge in [-0.15, -0.1) is 0 Å². The Bertz CT molecular complexity index is 51.3. The molecule has 0 aliphatic heterocycles. The molecule has 0 N–H and O–H groups in total. The summed E-state index contributed by atoms with van der Waals surface area (Å²) in [5, 5.41) is 0. The maximum absolute atomic E-state index is 2.31. The molecule has 0 bridgehead atoms. The van der Waals surface area contributed by atoms with Crippen molar-refractivity contribution in [2.45, 2.75) is 74.7 Å². The van der Waals surface area contributed by atoms with E-state index in [2.05, 4.69) is 39.6 Å². The topological polar surface area (TPSA) is 3.24 Å². The molecule has 0 rings (SSSR count). The maximum atomic E-state index is 2.31. The Morgan fingerprint density at radius 1 is 0.667 bits per heavy atom. The Balaban J connectivity index is -0.0000000647. The summed E-state index contributed by atoms with van der Waals surface area (Å²) in [4.78, 5) is 2.31. The van der Waals surface area contributed by atoms with E-state index in [4.69, 9.17) is 0 Å². The van der Waals surface area contributed by atoms with E-state index >= 15 is 0 Å². The molecule has 0 saturated heterocycles. The first-order valence-electron chi connectivity index (χ1n) is 6.91. The van der Waals surface area contributed by atoms with Crippen LogP contribution in [0.25, 0.3) is 0 Å². The van der Waals surface area contributed by atoms with Crippen LogP contribution in [-0.4, -0.2) is 25.0 Å². The molecule has 0 heterocycles. The van der Waals surface area contributed by atoms with Crippen LogP contribution in [0.4, 0.5) is 0 Å². The van der Waals surface area contributed by atoms with Gasteiger partial charge >= 0.3 is 0 Å². The number of hydrogen-bond acceptors (Lipinski definition) is 1. The highest BCUT2D eigenvalue weighted by Crippen LogP contribution is 1.82. The van der Waals surface area contributed by atoms with Gasteiger partial charge in [0.2, 0.25) is 0 Å². The lowest BCUT2D eigenvalue weighted by atomic mass is 10.4. The minimum atomic E-state index is 1.17. The minimum absolute atomic E-state index is 1.17. The molecular formula is C14H37N. The Morgan fingerprint density at radius 2 is 1.00 bits per heavy atom. The standard InChI is InChI=1S/C6H15N.C4H10.2C2H6/c1-4-6-7(3)5-2;1-3-4-2;2*1-2/h4-6H2,1-3H3;3-4H2,1-2H3;2*1-2H3. The summed E-state index contributed by atoms with van der Waals surface area (Å²) in [5.41, 5.74) is 0. The van der Waals surface area contributed by atoms with Gasteiger partial charge in [0.25, 0.3) is 0 Å². The van der Waals surface area contributed by atoms with E-state index in [0.29, 0.717) is 0 Å². The lowest BCUT2D eigenvalue weighted by Crippen LogP contribution is -2.17. The molecule has 98 valence electrons. The van der Waals surface area contributed by atoms with Gasteiger partial charge in [0.05, 0.1) is 0 Å². The molecule has 0 aromatic rings. The minimum Gasteiger partial charge on any atom is -0.307 e. The molecule has 0 aliphatic carbocycles. The fourth-order valence-electron chi connectivity index (χ4n) is 0.540. The SMILES string of the molecule is CC.CC.CCCC.CCCN(C)CC. The molecule has 0 spiro atoms. The first-order valence-corrected chi connectivity index (χ1v) is 6.91. The summed E-state index contributed by atoms with van der Waals surface area (Å²) < 4.78 is 0. The van der Waals surface area contributed by atoms with Gasteiger partial charge in [-0.2, -0.15) is 0 Å². The van der Waals surface area contributed by atoms with Crippen molar-refractivity contribution in [3.05, 3.63) is 0 Å². The Kier molecular flexibility index (Phi) is 59.9. The van der Waals surface area contributed by atoms with Crippen LogP contribution in [-0.2, 0) is 0 Å². The highest BCUT2D eigenvalue weighted by molar-refractivity contribution is 4.41. The smallest absolute Gasteiger partial charge is 0.00245 e. The highest BCUT2D eigenvalue weighted by Gasteiger charge is 1.86. The summed E-state index contributed by atoms with van der Waals surface area (Å²) in [6, 6.07) is 0. The second kappa shape index (κ2) is 37.0. The quantitative estimate of drug-likeness (QED) is 0.627. The third-order valence-corrected chi connectivity index (χ3v) is 1.65. The van der Waals surface area contributed by atoms with Gasteiger partial charge in [0.15, 0.2) is 0 Å². The summed E-state index contributed by atoms with van der Waals surface area (Å²) in [7, 11) is 2.14. The van der Waals surface area contributed by atoms with Gasteiger partial charge in [-0.25, -0.2) is 0 Å². The summed E-state index contributed by atoms with van der Waals surface area (Å²) >= 11 is 0. The third-order valence-electron chi connectivity index (χ3n) is 1.65. The Labute approximate surface area is 100 Å². The largest absolute Gasteiger partial charge is 0.307 e. The van der Waals surface area contributed by atoms with Crippen molar-refractivity contribution in [2.24, 2.45) is 0 Å². The number of nitrogens with zero attached hydrogens (tertiary/aromatic N) is 1. The molecule has 15 heavy (non-hydrogen) atoms. The molecule has 0 amide bonds.